The quantitative estimate of drug-likeness (QED) is 0.737. The van der Waals surface area contributed by atoms with Crippen molar-refractivity contribution in [1.82, 2.24) is 4.90 Å². The lowest BCUT2D eigenvalue weighted by Gasteiger charge is -2.35. The molecule has 0 aromatic heterocycles. The minimum absolute atomic E-state index is 0.0882. The molecule has 4 nitrogen and oxygen atoms in total. The van der Waals surface area contributed by atoms with Gasteiger partial charge >= 0.3 is 0 Å². The van der Waals surface area contributed by atoms with Crippen molar-refractivity contribution in [3.05, 3.63) is 0 Å². The molecule has 0 spiro atoms. The van der Waals surface area contributed by atoms with Gasteiger partial charge in [-0.3, -0.25) is 4.79 Å². The predicted octanol–water partition coefficient (Wildman–Crippen LogP) is 1.78. The van der Waals surface area contributed by atoms with Gasteiger partial charge in [-0.15, -0.1) is 0 Å². The van der Waals surface area contributed by atoms with Crippen molar-refractivity contribution >= 4 is 5.91 Å². The van der Waals surface area contributed by atoms with Crippen molar-refractivity contribution in [2.75, 3.05) is 20.8 Å². The fraction of sp³-hybridized carbons (Fsp3) is 0.929. The summed E-state index contributed by atoms with van der Waals surface area (Å²) < 4.78 is 4.98. The number of methoxy groups -OCH3 is 1. The zero-order valence-corrected chi connectivity index (χ0v) is 12.0. The number of carbonyl (C=O) groups excluding carboxylic acids is 1. The largest absolute Gasteiger partial charge is 0.385 e. The van der Waals surface area contributed by atoms with Gasteiger partial charge in [0, 0.05) is 26.8 Å². The molecule has 1 aliphatic rings. The average molecular weight is 256 g/mol. The van der Waals surface area contributed by atoms with Crippen molar-refractivity contribution in [3.63, 3.8) is 0 Å². The van der Waals surface area contributed by atoms with Crippen molar-refractivity contribution in [1.29, 1.82) is 0 Å². The second-order valence-corrected chi connectivity index (χ2v) is 5.62. The number of carbonyl (C=O) groups is 1. The van der Waals surface area contributed by atoms with Crippen LogP contribution in [0.5, 0.6) is 0 Å². The molecule has 2 N–H and O–H groups in total. The van der Waals surface area contributed by atoms with Crippen LogP contribution < -0.4 is 5.73 Å². The molecule has 0 bridgehead atoms. The molecule has 0 aromatic rings. The van der Waals surface area contributed by atoms with Gasteiger partial charge in [0.15, 0.2) is 0 Å². The van der Waals surface area contributed by atoms with Crippen molar-refractivity contribution in [2.24, 2.45) is 11.7 Å². The number of hydrogen-bond donors (Lipinski definition) is 1. The van der Waals surface area contributed by atoms with E-state index in [0.29, 0.717) is 19.1 Å². The smallest absolute Gasteiger partial charge is 0.239 e. The van der Waals surface area contributed by atoms with E-state index in [2.05, 4.69) is 6.92 Å². The summed E-state index contributed by atoms with van der Waals surface area (Å²) in [7, 11) is 3.57. The number of ether oxygens (including phenoxy) is 1. The number of hydrogen-bond acceptors (Lipinski definition) is 3. The SMILES string of the molecule is COCCCC(N)C(=O)N(C)C1CCCC(C)C1. The second kappa shape index (κ2) is 7.74. The van der Waals surface area contributed by atoms with Crippen molar-refractivity contribution < 1.29 is 9.53 Å². The van der Waals surface area contributed by atoms with Crippen LogP contribution in [0.15, 0.2) is 0 Å². The van der Waals surface area contributed by atoms with Gasteiger partial charge in [0.25, 0.3) is 0 Å². The summed E-state index contributed by atoms with van der Waals surface area (Å²) in [6, 6.07) is 0.0112. The molecule has 1 fully saturated rings. The van der Waals surface area contributed by atoms with Gasteiger partial charge in [0.1, 0.15) is 0 Å². The van der Waals surface area contributed by atoms with E-state index in [-0.39, 0.29) is 11.9 Å². The van der Waals surface area contributed by atoms with E-state index >= 15 is 0 Å². The standard InChI is InChI=1S/C14H28N2O2/c1-11-6-4-7-12(10-11)16(2)14(17)13(15)8-5-9-18-3/h11-13H,4-10,15H2,1-3H3. The Morgan fingerprint density at radius 2 is 2.22 bits per heavy atom. The first kappa shape index (κ1) is 15.4. The first-order valence-corrected chi connectivity index (χ1v) is 7.07. The van der Waals surface area contributed by atoms with E-state index in [9.17, 15) is 4.79 Å². The molecule has 4 heteroatoms. The highest BCUT2D eigenvalue weighted by atomic mass is 16.5. The molecule has 106 valence electrons. The lowest BCUT2D eigenvalue weighted by molar-refractivity contribution is -0.134. The predicted molar refractivity (Wildman–Crippen MR) is 73.3 cm³/mol. The molecule has 0 aromatic carbocycles. The van der Waals surface area contributed by atoms with Gasteiger partial charge in [-0.1, -0.05) is 19.8 Å². The average Bonchev–Trinajstić information content (AvgIpc) is 2.37. The maximum absolute atomic E-state index is 12.2. The highest BCUT2D eigenvalue weighted by Crippen LogP contribution is 2.27. The van der Waals surface area contributed by atoms with E-state index in [1.54, 1.807) is 7.11 Å². The molecular weight excluding hydrogens is 228 g/mol. The van der Waals surface area contributed by atoms with Gasteiger partial charge in [-0.05, 0) is 31.6 Å². The summed E-state index contributed by atoms with van der Waals surface area (Å²) in [4.78, 5) is 14.1. The summed E-state index contributed by atoms with van der Waals surface area (Å²) >= 11 is 0. The van der Waals surface area contributed by atoms with Crippen LogP contribution in [0.3, 0.4) is 0 Å². The Bertz CT molecular complexity index is 258. The molecule has 1 rings (SSSR count). The zero-order valence-electron chi connectivity index (χ0n) is 12.0. The van der Waals surface area contributed by atoms with Crippen LogP contribution in [0.25, 0.3) is 0 Å². The Hall–Kier alpha value is -0.610. The lowest BCUT2D eigenvalue weighted by atomic mass is 9.86. The molecule has 18 heavy (non-hydrogen) atoms. The van der Waals surface area contributed by atoms with Gasteiger partial charge in [-0.2, -0.15) is 0 Å². The third kappa shape index (κ3) is 4.58. The molecule has 1 amide bonds. The number of nitrogens with two attached hydrogens (primary N) is 1. The number of amides is 1. The van der Waals surface area contributed by atoms with Gasteiger partial charge in [-0.25, -0.2) is 0 Å². The normalized spacial score (nSPS) is 25.8. The third-order valence-corrected chi connectivity index (χ3v) is 3.98. The number of rotatable bonds is 6. The topological polar surface area (TPSA) is 55.6 Å². The van der Waals surface area contributed by atoms with Crippen LogP contribution in [0.4, 0.5) is 0 Å². The Labute approximate surface area is 111 Å². The Morgan fingerprint density at radius 3 is 2.83 bits per heavy atom. The highest BCUT2D eigenvalue weighted by molar-refractivity contribution is 5.81. The monoisotopic (exact) mass is 256 g/mol. The molecule has 3 unspecified atom stereocenters. The fourth-order valence-corrected chi connectivity index (χ4v) is 2.77. The maximum Gasteiger partial charge on any atom is 0.239 e. The third-order valence-electron chi connectivity index (χ3n) is 3.98. The van der Waals surface area contributed by atoms with E-state index in [1.165, 1.54) is 12.8 Å². The van der Waals surface area contributed by atoms with Gasteiger partial charge in [0.05, 0.1) is 6.04 Å². The number of nitrogens with zero attached hydrogens (tertiary/aromatic N) is 1. The van der Waals surface area contributed by atoms with Crippen LogP contribution in [0.1, 0.15) is 45.4 Å². The van der Waals surface area contributed by atoms with E-state index in [0.717, 1.165) is 25.2 Å². The van der Waals surface area contributed by atoms with Crippen LogP contribution in [-0.4, -0.2) is 43.7 Å². The minimum Gasteiger partial charge on any atom is -0.385 e. The summed E-state index contributed by atoms with van der Waals surface area (Å²) in [6.45, 7) is 2.94. The fourth-order valence-electron chi connectivity index (χ4n) is 2.77. The molecule has 0 radical (unpaired) electrons. The highest BCUT2D eigenvalue weighted by Gasteiger charge is 2.27. The molecule has 0 aliphatic heterocycles. The Kier molecular flexibility index (Phi) is 6.65. The molecular formula is C14H28N2O2. The minimum atomic E-state index is -0.373. The van der Waals surface area contributed by atoms with E-state index < -0.39 is 0 Å². The molecule has 0 saturated heterocycles. The maximum atomic E-state index is 12.2. The molecule has 1 aliphatic carbocycles. The second-order valence-electron chi connectivity index (χ2n) is 5.62. The van der Waals surface area contributed by atoms with Crippen LogP contribution in [0, 0.1) is 5.92 Å². The molecule has 3 atom stereocenters. The summed E-state index contributed by atoms with van der Waals surface area (Å²) in [5, 5.41) is 0. The van der Waals surface area contributed by atoms with E-state index in [1.807, 2.05) is 11.9 Å². The van der Waals surface area contributed by atoms with E-state index in [4.69, 9.17) is 10.5 Å². The summed E-state index contributed by atoms with van der Waals surface area (Å²) in [5.74, 6) is 0.814. The number of likely N-dealkylation sites (N-methyl/N-ethyl adjacent to an activating group) is 1. The van der Waals surface area contributed by atoms with Crippen LogP contribution in [-0.2, 0) is 9.53 Å². The first-order valence-electron chi connectivity index (χ1n) is 7.07. The molecule has 1 saturated carbocycles. The van der Waals surface area contributed by atoms with Crippen LogP contribution in [0.2, 0.25) is 0 Å². The summed E-state index contributed by atoms with van der Waals surface area (Å²) in [6.07, 6.45) is 6.31. The lowest BCUT2D eigenvalue weighted by Crippen LogP contribution is -2.47. The van der Waals surface area contributed by atoms with Crippen molar-refractivity contribution in [3.8, 4) is 0 Å². The van der Waals surface area contributed by atoms with Gasteiger partial charge < -0.3 is 15.4 Å². The zero-order chi connectivity index (χ0) is 13.5. The van der Waals surface area contributed by atoms with Crippen molar-refractivity contribution in [2.45, 2.75) is 57.5 Å². The Morgan fingerprint density at radius 1 is 1.50 bits per heavy atom. The Balaban J connectivity index is 2.39. The first-order chi connectivity index (χ1) is 8.56. The molecule has 0 heterocycles. The summed E-state index contributed by atoms with van der Waals surface area (Å²) in [5.41, 5.74) is 5.95. The van der Waals surface area contributed by atoms with Gasteiger partial charge in [0.2, 0.25) is 5.91 Å². The van der Waals surface area contributed by atoms with Crippen LogP contribution >= 0.6 is 0 Å².